The molecule has 1 saturated heterocycles. The number of amides is 1. The standard InChI is InChI=1S/C27H32N2O5/c1-4-28(5-2)14-15-29-24(20-10-6-7-11-22(20)33-3)23(26(31)27(29)32)25(30)19-12-13-21-18(17-19)9-8-16-34-21/h6-7,10-13,17,24,30H,4-5,8-9,14-16H2,1-3H3/b25-23+. The molecule has 2 aromatic carbocycles. The second-order valence-corrected chi connectivity index (χ2v) is 8.54. The van der Waals surface area contributed by atoms with Crippen molar-refractivity contribution in [2.75, 3.05) is 39.9 Å². The summed E-state index contributed by atoms with van der Waals surface area (Å²) in [4.78, 5) is 30.3. The lowest BCUT2D eigenvalue weighted by Gasteiger charge is -2.29. The first-order valence-corrected chi connectivity index (χ1v) is 11.9. The van der Waals surface area contributed by atoms with Crippen molar-refractivity contribution in [1.82, 2.24) is 9.80 Å². The second kappa shape index (κ2) is 10.3. The Kier molecular flexibility index (Phi) is 7.22. The molecule has 2 aliphatic rings. The Morgan fingerprint density at radius 3 is 2.68 bits per heavy atom. The van der Waals surface area contributed by atoms with E-state index in [1.54, 1.807) is 24.1 Å². The van der Waals surface area contributed by atoms with E-state index in [0.29, 0.717) is 36.6 Å². The smallest absolute Gasteiger partial charge is 0.295 e. The Hall–Kier alpha value is -3.32. The minimum absolute atomic E-state index is 0.0886. The number of hydrogen-bond donors (Lipinski definition) is 1. The molecule has 0 saturated carbocycles. The highest BCUT2D eigenvalue weighted by atomic mass is 16.5. The van der Waals surface area contributed by atoms with Gasteiger partial charge in [0.15, 0.2) is 0 Å². The minimum atomic E-state index is -0.737. The van der Waals surface area contributed by atoms with E-state index in [1.807, 2.05) is 30.3 Å². The number of ketones is 1. The molecular formula is C27H32N2O5. The molecule has 1 N–H and O–H groups in total. The summed E-state index contributed by atoms with van der Waals surface area (Å²) in [6.45, 7) is 7.48. The third-order valence-electron chi connectivity index (χ3n) is 6.71. The summed E-state index contributed by atoms with van der Waals surface area (Å²) in [6.07, 6.45) is 1.73. The first-order valence-electron chi connectivity index (χ1n) is 11.9. The average Bonchev–Trinajstić information content (AvgIpc) is 3.13. The van der Waals surface area contributed by atoms with Gasteiger partial charge in [-0.15, -0.1) is 0 Å². The maximum atomic E-state index is 13.3. The molecule has 1 unspecified atom stereocenters. The highest BCUT2D eigenvalue weighted by molar-refractivity contribution is 6.46. The summed E-state index contributed by atoms with van der Waals surface area (Å²) >= 11 is 0. The van der Waals surface area contributed by atoms with Crippen LogP contribution in [-0.4, -0.2) is 66.5 Å². The molecule has 1 amide bonds. The molecule has 1 fully saturated rings. The predicted molar refractivity (Wildman–Crippen MR) is 130 cm³/mol. The minimum Gasteiger partial charge on any atom is -0.507 e. The van der Waals surface area contributed by atoms with Gasteiger partial charge in [0.25, 0.3) is 11.7 Å². The first kappa shape index (κ1) is 23.8. The zero-order valence-electron chi connectivity index (χ0n) is 20.0. The van der Waals surface area contributed by atoms with Crippen LogP contribution >= 0.6 is 0 Å². The Labute approximate surface area is 200 Å². The number of hydrogen-bond acceptors (Lipinski definition) is 6. The largest absolute Gasteiger partial charge is 0.507 e. The molecule has 2 aromatic rings. The summed E-state index contributed by atoms with van der Waals surface area (Å²) < 4.78 is 11.3. The van der Waals surface area contributed by atoms with Gasteiger partial charge in [-0.2, -0.15) is 0 Å². The lowest BCUT2D eigenvalue weighted by atomic mass is 9.93. The third-order valence-corrected chi connectivity index (χ3v) is 6.71. The maximum Gasteiger partial charge on any atom is 0.295 e. The molecule has 0 bridgehead atoms. The number of aliphatic hydroxyl groups excluding tert-OH is 1. The number of para-hydroxylation sites is 1. The van der Waals surface area contributed by atoms with Crippen LogP contribution in [-0.2, 0) is 16.0 Å². The summed E-state index contributed by atoms with van der Waals surface area (Å²) in [5.74, 6) is -0.100. The second-order valence-electron chi connectivity index (χ2n) is 8.54. The van der Waals surface area contributed by atoms with Crippen LogP contribution in [0.1, 0.15) is 43.0 Å². The zero-order valence-corrected chi connectivity index (χ0v) is 20.0. The van der Waals surface area contributed by atoms with E-state index < -0.39 is 17.7 Å². The van der Waals surface area contributed by atoms with Gasteiger partial charge in [-0.1, -0.05) is 32.0 Å². The third kappa shape index (κ3) is 4.40. The molecule has 34 heavy (non-hydrogen) atoms. The summed E-state index contributed by atoms with van der Waals surface area (Å²) in [5.41, 5.74) is 2.25. The van der Waals surface area contributed by atoms with Gasteiger partial charge in [-0.05, 0) is 55.8 Å². The quantitative estimate of drug-likeness (QED) is 0.364. The lowest BCUT2D eigenvalue weighted by molar-refractivity contribution is -0.140. The van der Waals surface area contributed by atoms with E-state index in [4.69, 9.17) is 9.47 Å². The highest BCUT2D eigenvalue weighted by Gasteiger charge is 2.47. The van der Waals surface area contributed by atoms with Gasteiger partial charge >= 0.3 is 0 Å². The molecule has 7 heteroatoms. The lowest BCUT2D eigenvalue weighted by Crippen LogP contribution is -2.38. The van der Waals surface area contributed by atoms with Crippen LogP contribution in [0.15, 0.2) is 48.0 Å². The number of likely N-dealkylation sites (N-methyl/N-ethyl adjacent to an activating group) is 1. The fourth-order valence-electron chi connectivity index (χ4n) is 4.78. The van der Waals surface area contributed by atoms with Crippen molar-refractivity contribution >= 4 is 17.4 Å². The molecule has 180 valence electrons. The topological polar surface area (TPSA) is 79.3 Å². The number of aliphatic hydroxyl groups is 1. The van der Waals surface area contributed by atoms with Gasteiger partial charge in [0.05, 0.1) is 25.3 Å². The molecule has 1 atom stereocenters. The van der Waals surface area contributed by atoms with E-state index >= 15 is 0 Å². The number of carbonyl (C=O) groups excluding carboxylic acids is 2. The molecule has 0 spiro atoms. The van der Waals surface area contributed by atoms with Crippen LogP contribution in [0.5, 0.6) is 11.5 Å². The van der Waals surface area contributed by atoms with E-state index in [0.717, 1.165) is 37.2 Å². The Balaban J connectivity index is 1.82. The Morgan fingerprint density at radius 1 is 1.18 bits per heavy atom. The van der Waals surface area contributed by atoms with Crippen LogP contribution in [0, 0.1) is 0 Å². The number of rotatable bonds is 8. The van der Waals surface area contributed by atoms with Gasteiger partial charge in [0.2, 0.25) is 0 Å². The van der Waals surface area contributed by atoms with Crippen molar-refractivity contribution < 1.29 is 24.2 Å². The summed E-state index contributed by atoms with van der Waals surface area (Å²) in [6, 6.07) is 12.0. The van der Waals surface area contributed by atoms with Crippen molar-refractivity contribution in [1.29, 1.82) is 0 Å². The van der Waals surface area contributed by atoms with E-state index in [1.165, 1.54) is 0 Å². The van der Waals surface area contributed by atoms with Gasteiger partial charge in [-0.25, -0.2) is 0 Å². The highest BCUT2D eigenvalue weighted by Crippen LogP contribution is 2.43. The maximum absolute atomic E-state index is 13.3. The van der Waals surface area contributed by atoms with Crippen molar-refractivity contribution in [3.8, 4) is 11.5 Å². The van der Waals surface area contributed by atoms with Gasteiger partial charge in [0.1, 0.15) is 17.3 Å². The fraction of sp³-hybridized carbons (Fsp3) is 0.407. The van der Waals surface area contributed by atoms with Crippen molar-refractivity contribution in [3.05, 3.63) is 64.7 Å². The number of methoxy groups -OCH3 is 1. The van der Waals surface area contributed by atoms with Crippen LogP contribution in [0.4, 0.5) is 0 Å². The Morgan fingerprint density at radius 2 is 1.94 bits per heavy atom. The molecule has 0 radical (unpaired) electrons. The number of ether oxygens (including phenoxy) is 2. The monoisotopic (exact) mass is 464 g/mol. The van der Waals surface area contributed by atoms with Crippen molar-refractivity contribution in [3.63, 3.8) is 0 Å². The molecular weight excluding hydrogens is 432 g/mol. The number of likely N-dealkylation sites (tertiary alicyclic amines) is 1. The normalized spacial score (nSPS) is 19.3. The first-order chi connectivity index (χ1) is 16.5. The van der Waals surface area contributed by atoms with Crippen LogP contribution in [0.3, 0.4) is 0 Å². The van der Waals surface area contributed by atoms with Gasteiger partial charge < -0.3 is 24.4 Å². The number of nitrogens with zero attached hydrogens (tertiary/aromatic N) is 2. The molecule has 2 heterocycles. The predicted octanol–water partition coefficient (Wildman–Crippen LogP) is 3.78. The number of carbonyl (C=O) groups is 2. The fourth-order valence-corrected chi connectivity index (χ4v) is 4.78. The van der Waals surface area contributed by atoms with Gasteiger partial charge in [-0.3, -0.25) is 9.59 Å². The van der Waals surface area contributed by atoms with Crippen LogP contribution in [0.2, 0.25) is 0 Å². The van der Waals surface area contributed by atoms with E-state index in [-0.39, 0.29) is 11.3 Å². The van der Waals surface area contributed by atoms with Crippen LogP contribution in [0.25, 0.3) is 5.76 Å². The number of Topliss-reactive ketones (excluding diaryl/α,β-unsaturated/α-hetero) is 1. The van der Waals surface area contributed by atoms with Crippen LogP contribution < -0.4 is 9.47 Å². The van der Waals surface area contributed by atoms with Crippen molar-refractivity contribution in [2.24, 2.45) is 0 Å². The molecule has 0 aliphatic carbocycles. The van der Waals surface area contributed by atoms with Crippen molar-refractivity contribution in [2.45, 2.75) is 32.7 Å². The molecule has 0 aromatic heterocycles. The van der Waals surface area contributed by atoms with E-state index in [9.17, 15) is 14.7 Å². The van der Waals surface area contributed by atoms with E-state index in [2.05, 4.69) is 18.7 Å². The summed E-state index contributed by atoms with van der Waals surface area (Å²) in [5, 5.41) is 11.4. The number of fused-ring (bicyclic) bond motifs is 1. The Bertz CT molecular complexity index is 1110. The molecule has 4 rings (SSSR count). The van der Waals surface area contributed by atoms with Gasteiger partial charge in [0, 0.05) is 24.2 Å². The summed E-state index contributed by atoms with van der Waals surface area (Å²) in [7, 11) is 1.56. The number of benzene rings is 2. The zero-order chi connectivity index (χ0) is 24.2. The molecule has 2 aliphatic heterocycles. The SMILES string of the molecule is CCN(CC)CCN1C(=O)C(=O)/C(=C(/O)c2ccc3c(c2)CCCO3)C1c1ccccc1OC. The average molecular weight is 465 g/mol. The molecule has 7 nitrogen and oxygen atoms in total. The number of aryl methyl sites for hydroxylation is 1.